The highest BCUT2D eigenvalue weighted by Gasteiger charge is 2.49. The van der Waals surface area contributed by atoms with Crippen molar-refractivity contribution in [2.45, 2.75) is 37.3 Å². The van der Waals surface area contributed by atoms with E-state index < -0.39 is 15.6 Å². The van der Waals surface area contributed by atoms with Crippen LogP contribution in [0.1, 0.15) is 25.3 Å². The number of thiol groups is 1. The molecule has 1 saturated carbocycles. The number of hydrogen-bond donors (Lipinski definition) is 2. The summed E-state index contributed by atoms with van der Waals surface area (Å²) < 4.78 is 49.8. The number of fused-ring (bicyclic) bond motifs is 1. The second-order valence-corrected chi connectivity index (χ2v) is 11.6. The highest BCUT2D eigenvalue weighted by Crippen LogP contribution is 2.40. The van der Waals surface area contributed by atoms with Crippen LogP contribution in [0.15, 0.2) is 72.9 Å². The van der Waals surface area contributed by atoms with Crippen molar-refractivity contribution in [2.75, 3.05) is 26.1 Å². The van der Waals surface area contributed by atoms with Crippen molar-refractivity contribution < 1.29 is 27.4 Å². The standard InChI is InChI=1S/C31H32N6O6S/c1-4-42-26-15-8-12-22(33-26)29-35-28-30(37(29)27-23(40-2)13-9-14-24(27)41-3)34-25(18-32-28)36-31(44(38)39)16-21(17-31)43-19-20-10-6-5-7-11-20/h5-15,18,21,44H,4,16-17,19H2,1-3H3,(H,34,36)/t21-,31-. The third-order valence-corrected chi connectivity index (χ3v) is 8.59. The number of rotatable bonds is 12. The zero-order valence-corrected chi connectivity index (χ0v) is 25.4. The van der Waals surface area contributed by atoms with Crippen LogP contribution in [0.25, 0.3) is 28.5 Å². The summed E-state index contributed by atoms with van der Waals surface area (Å²) in [5, 5.41) is 3.13. The molecule has 0 unspecified atom stereocenters. The van der Waals surface area contributed by atoms with Crippen LogP contribution in [-0.4, -0.2) is 64.7 Å². The van der Waals surface area contributed by atoms with E-state index in [4.69, 9.17) is 28.9 Å². The molecule has 2 aromatic carbocycles. The van der Waals surface area contributed by atoms with Crippen molar-refractivity contribution >= 4 is 27.8 Å². The molecule has 5 aromatic rings. The smallest absolute Gasteiger partial charge is 0.213 e. The summed E-state index contributed by atoms with van der Waals surface area (Å²) in [6.45, 7) is 2.74. The maximum atomic E-state index is 12.5. The van der Waals surface area contributed by atoms with E-state index in [9.17, 15) is 8.42 Å². The van der Waals surface area contributed by atoms with Crippen molar-refractivity contribution in [3.8, 4) is 34.6 Å². The zero-order valence-electron chi connectivity index (χ0n) is 24.5. The van der Waals surface area contributed by atoms with Crippen LogP contribution < -0.4 is 19.5 Å². The summed E-state index contributed by atoms with van der Waals surface area (Å²) in [4.78, 5) is 17.6. The number of nitrogens with one attached hydrogen (secondary N) is 1. The fraction of sp³-hybridized carbons (Fsp3) is 0.290. The minimum absolute atomic E-state index is 0.217. The maximum Gasteiger partial charge on any atom is 0.213 e. The van der Waals surface area contributed by atoms with Crippen LogP contribution in [0, 0.1) is 0 Å². The van der Waals surface area contributed by atoms with Gasteiger partial charge in [0, 0.05) is 18.9 Å². The fourth-order valence-corrected chi connectivity index (χ4v) is 6.16. The van der Waals surface area contributed by atoms with Crippen molar-refractivity contribution in [2.24, 2.45) is 0 Å². The van der Waals surface area contributed by atoms with Gasteiger partial charge in [0.1, 0.15) is 33.6 Å². The van der Waals surface area contributed by atoms with Gasteiger partial charge in [0.2, 0.25) is 5.88 Å². The van der Waals surface area contributed by atoms with Crippen molar-refractivity contribution in [1.29, 1.82) is 0 Å². The molecule has 0 saturated heterocycles. The number of methoxy groups -OCH3 is 2. The summed E-state index contributed by atoms with van der Waals surface area (Å²) in [6.07, 6.45) is 1.81. The number of anilines is 1. The third-order valence-electron chi connectivity index (χ3n) is 7.41. The molecule has 0 aliphatic heterocycles. The average molecular weight is 617 g/mol. The van der Waals surface area contributed by atoms with Crippen molar-refractivity contribution in [1.82, 2.24) is 24.5 Å². The Labute approximate surface area is 256 Å². The Bertz CT molecular complexity index is 1830. The molecule has 0 bridgehead atoms. The first kappa shape index (κ1) is 29.3. The molecule has 3 heterocycles. The number of imidazole rings is 1. The van der Waals surface area contributed by atoms with E-state index in [1.165, 1.54) is 6.20 Å². The van der Waals surface area contributed by atoms with Gasteiger partial charge in [-0.05, 0) is 30.7 Å². The van der Waals surface area contributed by atoms with Gasteiger partial charge in [0.05, 0.1) is 39.7 Å². The largest absolute Gasteiger partial charge is 0.494 e. The first-order valence-electron chi connectivity index (χ1n) is 14.1. The molecule has 6 rings (SSSR count). The lowest BCUT2D eigenvalue weighted by atomic mass is 9.88. The van der Waals surface area contributed by atoms with E-state index in [-0.39, 0.29) is 24.8 Å². The van der Waals surface area contributed by atoms with Gasteiger partial charge in [-0.1, -0.05) is 42.5 Å². The van der Waals surface area contributed by atoms with E-state index in [1.54, 1.807) is 37.0 Å². The number of aromatic nitrogens is 5. The van der Waals surface area contributed by atoms with E-state index >= 15 is 0 Å². The summed E-state index contributed by atoms with van der Waals surface area (Å²) in [7, 11) is 0.253. The van der Waals surface area contributed by atoms with Crippen LogP contribution in [0.3, 0.4) is 0 Å². The number of nitrogens with zero attached hydrogens (tertiary/aromatic N) is 5. The average Bonchev–Trinajstić information content (AvgIpc) is 3.40. The molecule has 0 spiro atoms. The number of hydrogen-bond acceptors (Lipinski definition) is 11. The normalized spacial score (nSPS) is 17.8. The van der Waals surface area contributed by atoms with Gasteiger partial charge in [0.25, 0.3) is 0 Å². The second-order valence-electron chi connectivity index (χ2n) is 10.2. The van der Waals surface area contributed by atoms with Gasteiger partial charge in [-0.25, -0.2) is 28.4 Å². The number of pyridine rings is 1. The Morgan fingerprint density at radius 2 is 1.66 bits per heavy atom. The molecular weight excluding hydrogens is 584 g/mol. The van der Waals surface area contributed by atoms with E-state index in [0.717, 1.165) is 5.56 Å². The van der Waals surface area contributed by atoms with Gasteiger partial charge in [0.15, 0.2) is 27.8 Å². The molecule has 0 radical (unpaired) electrons. The number of para-hydroxylation sites is 1. The lowest BCUT2D eigenvalue weighted by Crippen LogP contribution is -2.55. The summed E-state index contributed by atoms with van der Waals surface area (Å²) in [5.74, 6) is 2.14. The predicted molar refractivity (Wildman–Crippen MR) is 165 cm³/mol. The highest BCUT2D eigenvalue weighted by atomic mass is 32.2. The number of ether oxygens (including phenoxy) is 4. The summed E-state index contributed by atoms with van der Waals surface area (Å²) in [5.41, 5.74) is 2.74. The van der Waals surface area contributed by atoms with Crippen LogP contribution in [0.4, 0.5) is 5.82 Å². The predicted octanol–water partition coefficient (Wildman–Crippen LogP) is 4.39. The molecule has 3 aromatic heterocycles. The van der Waals surface area contributed by atoms with Crippen LogP contribution in [0.2, 0.25) is 0 Å². The van der Waals surface area contributed by atoms with Crippen LogP contribution in [0.5, 0.6) is 17.4 Å². The summed E-state index contributed by atoms with van der Waals surface area (Å²) >= 11 is 0. The Morgan fingerprint density at radius 1 is 0.932 bits per heavy atom. The van der Waals surface area contributed by atoms with Gasteiger partial charge < -0.3 is 24.3 Å². The lowest BCUT2D eigenvalue weighted by Gasteiger charge is -2.43. The quantitative estimate of drug-likeness (QED) is 0.193. The first-order valence-corrected chi connectivity index (χ1v) is 15.3. The molecule has 0 atom stereocenters. The van der Waals surface area contributed by atoms with E-state index in [1.807, 2.05) is 55.5 Å². The molecule has 12 nitrogen and oxygen atoms in total. The van der Waals surface area contributed by atoms with Crippen LogP contribution >= 0.6 is 0 Å². The minimum atomic E-state index is -2.87. The Balaban J connectivity index is 1.39. The molecule has 13 heteroatoms. The lowest BCUT2D eigenvalue weighted by molar-refractivity contribution is -0.0240. The Morgan fingerprint density at radius 3 is 2.34 bits per heavy atom. The SMILES string of the molecule is CCOc1cccc(-c2nc3ncc(N[C@]4([SH](=O)=O)C[C@H](OCc5ccccc5)C4)nc3n2-c2c(OC)cccc2OC)n1. The van der Waals surface area contributed by atoms with E-state index in [0.29, 0.717) is 59.1 Å². The molecule has 228 valence electrons. The Kier molecular flexibility index (Phi) is 8.31. The molecule has 1 aliphatic carbocycles. The topological polar surface area (TPSA) is 140 Å². The van der Waals surface area contributed by atoms with Crippen molar-refractivity contribution in [3.05, 3.63) is 78.5 Å². The van der Waals surface area contributed by atoms with Gasteiger partial charge in [-0.3, -0.25) is 4.57 Å². The molecular formula is C31H32N6O6S. The number of benzene rings is 2. The Hall–Kier alpha value is -4.75. The molecule has 1 fully saturated rings. The molecule has 1 N–H and O–H groups in total. The van der Waals surface area contributed by atoms with Gasteiger partial charge in [-0.15, -0.1) is 0 Å². The fourth-order valence-electron chi connectivity index (χ4n) is 5.25. The minimum Gasteiger partial charge on any atom is -0.494 e. The first-order chi connectivity index (χ1) is 21.4. The van der Waals surface area contributed by atoms with Crippen molar-refractivity contribution in [3.63, 3.8) is 0 Å². The third kappa shape index (κ3) is 5.63. The van der Waals surface area contributed by atoms with E-state index in [2.05, 4.69) is 15.3 Å². The van der Waals surface area contributed by atoms with Crippen LogP contribution in [-0.2, 0) is 22.0 Å². The summed E-state index contributed by atoms with van der Waals surface area (Å²) in [6, 6.07) is 20.6. The second kappa shape index (κ2) is 12.5. The molecule has 44 heavy (non-hydrogen) atoms. The highest BCUT2D eigenvalue weighted by molar-refractivity contribution is 7.74. The monoisotopic (exact) mass is 616 g/mol. The molecule has 1 aliphatic rings. The molecule has 0 amide bonds. The van der Waals surface area contributed by atoms with Gasteiger partial charge >= 0.3 is 0 Å². The van der Waals surface area contributed by atoms with Gasteiger partial charge in [-0.2, -0.15) is 0 Å². The maximum absolute atomic E-state index is 12.5. The zero-order chi connectivity index (χ0) is 30.7.